The highest BCUT2D eigenvalue weighted by Crippen LogP contribution is 2.29. The molecule has 2 aromatic heterocycles. The Balaban J connectivity index is 1.54. The van der Waals surface area contributed by atoms with Crippen LogP contribution in [0, 0.1) is 0 Å². The second-order valence-corrected chi connectivity index (χ2v) is 9.08. The number of halogens is 4. The van der Waals surface area contributed by atoms with Crippen molar-refractivity contribution in [2.45, 2.75) is 39.0 Å². The lowest BCUT2D eigenvalue weighted by atomic mass is 10.1. The van der Waals surface area contributed by atoms with Gasteiger partial charge in [0.05, 0.1) is 29.0 Å². The summed E-state index contributed by atoms with van der Waals surface area (Å²) in [5.74, 6) is -0.216. The van der Waals surface area contributed by atoms with Crippen molar-refractivity contribution in [3.63, 3.8) is 0 Å². The number of rotatable bonds is 5. The van der Waals surface area contributed by atoms with Gasteiger partial charge >= 0.3 is 12.3 Å². The predicted octanol–water partition coefficient (Wildman–Crippen LogP) is 5.01. The van der Waals surface area contributed by atoms with Gasteiger partial charge in [0, 0.05) is 48.4 Å². The SMILES string of the molecule is CCCOC(=O)N1CCN(C(=O)c2ccc3c(Cl)cc(-c4cnn(CC(F)(F)F)c4)nc3c2)CC1C. The third-order valence-corrected chi connectivity index (χ3v) is 6.17. The summed E-state index contributed by atoms with van der Waals surface area (Å²) in [5, 5.41) is 4.71. The van der Waals surface area contributed by atoms with Crippen LogP contribution in [0.25, 0.3) is 22.2 Å². The Morgan fingerprint density at radius 2 is 2.00 bits per heavy atom. The lowest BCUT2D eigenvalue weighted by Gasteiger charge is -2.39. The number of nitrogens with zero attached hydrogens (tertiary/aromatic N) is 5. The van der Waals surface area contributed by atoms with E-state index in [9.17, 15) is 22.8 Å². The van der Waals surface area contributed by atoms with Crippen molar-refractivity contribution in [1.82, 2.24) is 24.6 Å². The van der Waals surface area contributed by atoms with Crippen LogP contribution in [0.2, 0.25) is 5.02 Å². The molecule has 0 aliphatic carbocycles. The highest BCUT2D eigenvalue weighted by atomic mass is 35.5. The minimum atomic E-state index is -4.40. The van der Waals surface area contributed by atoms with Crippen LogP contribution in [0.15, 0.2) is 36.7 Å². The van der Waals surface area contributed by atoms with Crippen molar-refractivity contribution in [3.05, 3.63) is 47.2 Å². The molecular formula is C24H25ClF3N5O3. The van der Waals surface area contributed by atoms with Crippen LogP contribution in [0.5, 0.6) is 0 Å². The number of benzene rings is 1. The average molecular weight is 524 g/mol. The molecule has 1 fully saturated rings. The summed E-state index contributed by atoms with van der Waals surface area (Å²) in [4.78, 5) is 33.3. The number of carbonyl (C=O) groups excluding carboxylic acids is 2. The molecule has 0 radical (unpaired) electrons. The van der Waals surface area contributed by atoms with Crippen molar-refractivity contribution in [3.8, 4) is 11.3 Å². The number of hydrogen-bond acceptors (Lipinski definition) is 5. The summed E-state index contributed by atoms with van der Waals surface area (Å²) in [6.45, 7) is 3.98. The number of carbonyl (C=O) groups is 2. The first-order chi connectivity index (χ1) is 17.1. The van der Waals surface area contributed by atoms with E-state index in [1.54, 1.807) is 34.1 Å². The summed E-state index contributed by atoms with van der Waals surface area (Å²) in [6, 6.07) is 6.31. The quantitative estimate of drug-likeness (QED) is 0.470. The van der Waals surface area contributed by atoms with Crippen LogP contribution in [-0.4, -0.2) is 75.0 Å². The van der Waals surface area contributed by atoms with E-state index in [2.05, 4.69) is 10.1 Å². The molecule has 8 nitrogen and oxygen atoms in total. The molecule has 1 atom stereocenters. The van der Waals surface area contributed by atoms with Crippen LogP contribution in [0.4, 0.5) is 18.0 Å². The van der Waals surface area contributed by atoms with Crippen LogP contribution in [0.3, 0.4) is 0 Å². The Morgan fingerprint density at radius 3 is 2.69 bits per heavy atom. The molecule has 1 saturated heterocycles. The molecule has 1 aliphatic heterocycles. The van der Waals surface area contributed by atoms with Crippen molar-refractivity contribution in [2.75, 3.05) is 26.2 Å². The van der Waals surface area contributed by atoms with Gasteiger partial charge in [0.2, 0.25) is 0 Å². The fourth-order valence-electron chi connectivity index (χ4n) is 4.10. The summed E-state index contributed by atoms with van der Waals surface area (Å²) < 4.78 is 44.0. The number of aromatic nitrogens is 3. The van der Waals surface area contributed by atoms with Gasteiger partial charge in [-0.15, -0.1) is 0 Å². The van der Waals surface area contributed by atoms with E-state index < -0.39 is 12.7 Å². The summed E-state index contributed by atoms with van der Waals surface area (Å²) >= 11 is 6.42. The molecular weight excluding hydrogens is 499 g/mol. The van der Waals surface area contributed by atoms with Gasteiger partial charge < -0.3 is 14.5 Å². The summed E-state index contributed by atoms with van der Waals surface area (Å²) in [5.41, 5.74) is 1.55. The van der Waals surface area contributed by atoms with E-state index in [1.165, 1.54) is 12.4 Å². The first-order valence-corrected chi connectivity index (χ1v) is 11.9. The van der Waals surface area contributed by atoms with E-state index in [4.69, 9.17) is 16.3 Å². The van der Waals surface area contributed by atoms with E-state index in [0.29, 0.717) is 59.0 Å². The Labute approximate surface area is 210 Å². The largest absolute Gasteiger partial charge is 0.449 e. The van der Waals surface area contributed by atoms with Gasteiger partial charge in [-0.3, -0.25) is 9.48 Å². The second kappa shape index (κ2) is 10.3. The molecule has 0 N–H and O–H groups in total. The van der Waals surface area contributed by atoms with Crippen LogP contribution in [0.1, 0.15) is 30.6 Å². The Kier molecular flexibility index (Phi) is 7.39. The van der Waals surface area contributed by atoms with Gasteiger partial charge in [0.15, 0.2) is 0 Å². The Hall–Kier alpha value is -3.34. The lowest BCUT2D eigenvalue weighted by Crippen LogP contribution is -2.55. The van der Waals surface area contributed by atoms with Crippen LogP contribution in [-0.2, 0) is 11.3 Å². The maximum absolute atomic E-state index is 13.2. The van der Waals surface area contributed by atoms with Crippen molar-refractivity contribution >= 4 is 34.5 Å². The number of fused-ring (bicyclic) bond motifs is 1. The van der Waals surface area contributed by atoms with E-state index >= 15 is 0 Å². The van der Waals surface area contributed by atoms with Gasteiger partial charge in [-0.05, 0) is 31.5 Å². The maximum atomic E-state index is 13.2. The van der Waals surface area contributed by atoms with E-state index in [0.717, 1.165) is 11.1 Å². The molecule has 3 aromatic rings. The van der Waals surface area contributed by atoms with Gasteiger partial charge in [-0.1, -0.05) is 24.6 Å². The van der Waals surface area contributed by atoms with Crippen molar-refractivity contribution in [2.24, 2.45) is 0 Å². The van der Waals surface area contributed by atoms with Gasteiger partial charge in [0.1, 0.15) is 6.54 Å². The van der Waals surface area contributed by atoms with E-state index in [1.807, 2.05) is 13.8 Å². The molecule has 36 heavy (non-hydrogen) atoms. The summed E-state index contributed by atoms with van der Waals surface area (Å²) in [6.07, 6.45) is -1.51. The standard InChI is InChI=1S/C24H25ClF3N5O3/c1-3-8-36-23(35)33-7-6-31(12-15(33)2)22(34)16-4-5-18-19(25)10-20(30-21(18)9-16)17-11-29-32(13-17)14-24(26,27)28/h4-5,9-11,13,15H,3,6-8,12,14H2,1-2H3. The smallest absolute Gasteiger partial charge is 0.410 e. The molecule has 1 aromatic carbocycles. The third-order valence-electron chi connectivity index (χ3n) is 5.86. The predicted molar refractivity (Wildman–Crippen MR) is 128 cm³/mol. The zero-order valence-corrected chi connectivity index (χ0v) is 20.5. The molecule has 0 bridgehead atoms. The Bertz CT molecular complexity index is 1280. The monoisotopic (exact) mass is 523 g/mol. The Morgan fingerprint density at radius 1 is 1.22 bits per heavy atom. The fraction of sp³-hybridized carbons (Fsp3) is 0.417. The lowest BCUT2D eigenvalue weighted by molar-refractivity contribution is -0.142. The number of ether oxygens (including phenoxy) is 1. The molecule has 1 aliphatic rings. The molecule has 2 amide bonds. The minimum absolute atomic E-state index is 0.208. The zero-order valence-electron chi connectivity index (χ0n) is 19.8. The van der Waals surface area contributed by atoms with E-state index in [-0.39, 0.29) is 18.0 Å². The van der Waals surface area contributed by atoms with Gasteiger partial charge in [0.25, 0.3) is 5.91 Å². The molecule has 0 saturated carbocycles. The topological polar surface area (TPSA) is 80.6 Å². The highest BCUT2D eigenvalue weighted by Gasteiger charge is 2.31. The van der Waals surface area contributed by atoms with Crippen LogP contribution >= 0.6 is 11.6 Å². The summed E-state index contributed by atoms with van der Waals surface area (Å²) in [7, 11) is 0. The maximum Gasteiger partial charge on any atom is 0.410 e. The van der Waals surface area contributed by atoms with Crippen LogP contribution < -0.4 is 0 Å². The molecule has 3 heterocycles. The normalized spacial score (nSPS) is 16.4. The first-order valence-electron chi connectivity index (χ1n) is 11.5. The molecule has 4 rings (SSSR count). The molecule has 1 unspecified atom stereocenters. The van der Waals surface area contributed by atoms with Crippen molar-refractivity contribution in [1.29, 1.82) is 0 Å². The first kappa shape index (κ1) is 25.7. The minimum Gasteiger partial charge on any atom is -0.449 e. The van der Waals surface area contributed by atoms with Crippen molar-refractivity contribution < 1.29 is 27.5 Å². The highest BCUT2D eigenvalue weighted by molar-refractivity contribution is 6.35. The average Bonchev–Trinajstić information content (AvgIpc) is 3.28. The number of piperazine rings is 1. The van der Waals surface area contributed by atoms with Gasteiger partial charge in [-0.2, -0.15) is 18.3 Å². The number of alkyl halides is 3. The fourth-order valence-corrected chi connectivity index (χ4v) is 4.36. The third kappa shape index (κ3) is 5.72. The molecule has 192 valence electrons. The van der Waals surface area contributed by atoms with Gasteiger partial charge in [-0.25, -0.2) is 9.78 Å². The molecule has 12 heteroatoms. The second-order valence-electron chi connectivity index (χ2n) is 8.67. The number of hydrogen-bond donors (Lipinski definition) is 0. The number of pyridine rings is 1. The molecule has 0 spiro atoms. The number of amides is 2. The zero-order chi connectivity index (χ0) is 26.0.